The fraction of sp³-hybridized carbons (Fsp3) is 0.250. The number of hydrogen-bond donors (Lipinski definition) is 2. The van der Waals surface area contributed by atoms with Crippen LogP contribution in [-0.2, 0) is 7.05 Å². The summed E-state index contributed by atoms with van der Waals surface area (Å²) in [5, 5.41) is 7.90. The topological polar surface area (TPSA) is 68.8 Å². The predicted octanol–water partition coefficient (Wildman–Crippen LogP) is 2.72. The van der Waals surface area contributed by atoms with Gasteiger partial charge in [0.05, 0.1) is 15.5 Å². The molecule has 92 valence electrons. The van der Waals surface area contributed by atoms with E-state index in [1.165, 1.54) is 0 Å². The van der Waals surface area contributed by atoms with Crippen molar-refractivity contribution in [2.75, 3.05) is 0 Å². The Hall–Kier alpha value is 0.200. The van der Waals surface area contributed by atoms with Crippen molar-refractivity contribution in [2.24, 2.45) is 12.9 Å². The number of nitrogens with one attached hydrogen (secondary N) is 1. The summed E-state index contributed by atoms with van der Waals surface area (Å²) in [6.07, 6.45) is 0. The van der Waals surface area contributed by atoms with E-state index in [2.05, 4.69) is 63.5 Å². The van der Waals surface area contributed by atoms with Gasteiger partial charge in [0.25, 0.3) is 0 Å². The van der Waals surface area contributed by atoms with Gasteiger partial charge in [-0.2, -0.15) is 0 Å². The highest BCUT2D eigenvalue weighted by Crippen LogP contribution is 2.38. The van der Waals surface area contributed by atoms with Crippen LogP contribution < -0.4 is 11.3 Å². The lowest BCUT2D eigenvalue weighted by molar-refractivity contribution is 0.575. The Morgan fingerprint density at radius 1 is 1.47 bits per heavy atom. The van der Waals surface area contributed by atoms with Gasteiger partial charge in [-0.3, -0.25) is 5.84 Å². The zero-order chi connectivity index (χ0) is 12.6. The standard InChI is InChI=1S/C8H8Br3N5S/c1-16-6(7(10)14-15-16)5(13-12)4-2-3(9)8(11)17-4/h2,5,13H,12H2,1H3. The van der Waals surface area contributed by atoms with E-state index in [0.717, 1.165) is 18.8 Å². The van der Waals surface area contributed by atoms with E-state index in [1.54, 1.807) is 16.0 Å². The fourth-order valence-corrected chi connectivity index (χ4v) is 4.16. The molecular formula is C8H8Br3N5S. The van der Waals surface area contributed by atoms with Crippen LogP contribution in [0.2, 0.25) is 0 Å². The summed E-state index contributed by atoms with van der Waals surface area (Å²) >= 11 is 11.9. The monoisotopic (exact) mass is 443 g/mol. The lowest BCUT2D eigenvalue weighted by atomic mass is 10.2. The van der Waals surface area contributed by atoms with Gasteiger partial charge in [-0.1, -0.05) is 5.21 Å². The Kier molecular flexibility index (Phi) is 4.37. The molecule has 2 aromatic rings. The SMILES string of the molecule is Cn1nnc(Br)c1C(NN)c1cc(Br)c(Br)s1. The molecule has 1 atom stereocenters. The van der Waals surface area contributed by atoms with Crippen LogP contribution in [0.5, 0.6) is 0 Å². The van der Waals surface area contributed by atoms with Crippen molar-refractivity contribution < 1.29 is 0 Å². The molecule has 0 bridgehead atoms. The van der Waals surface area contributed by atoms with Gasteiger partial charge in [-0.15, -0.1) is 16.4 Å². The normalized spacial score (nSPS) is 13.0. The summed E-state index contributed by atoms with van der Waals surface area (Å²) < 4.78 is 4.41. The van der Waals surface area contributed by atoms with Crippen molar-refractivity contribution >= 4 is 59.1 Å². The van der Waals surface area contributed by atoms with Crippen LogP contribution in [0.3, 0.4) is 0 Å². The van der Waals surface area contributed by atoms with Crippen LogP contribution in [0.15, 0.2) is 18.9 Å². The Labute approximate surface area is 127 Å². The largest absolute Gasteiger partial charge is 0.270 e. The molecule has 2 heterocycles. The van der Waals surface area contributed by atoms with Gasteiger partial charge in [0.15, 0.2) is 4.60 Å². The minimum absolute atomic E-state index is 0.156. The third-order valence-electron chi connectivity index (χ3n) is 2.22. The first-order valence-corrected chi connectivity index (χ1v) is 7.70. The summed E-state index contributed by atoms with van der Waals surface area (Å²) in [6.45, 7) is 0. The molecule has 0 saturated heterocycles. The van der Waals surface area contributed by atoms with Crippen molar-refractivity contribution in [2.45, 2.75) is 6.04 Å². The average molecular weight is 446 g/mol. The van der Waals surface area contributed by atoms with E-state index in [9.17, 15) is 0 Å². The summed E-state index contributed by atoms with van der Waals surface area (Å²) in [7, 11) is 1.83. The van der Waals surface area contributed by atoms with Crippen LogP contribution in [-0.4, -0.2) is 15.0 Å². The smallest absolute Gasteiger partial charge is 0.153 e. The number of halogens is 3. The zero-order valence-electron chi connectivity index (χ0n) is 8.62. The van der Waals surface area contributed by atoms with Crippen LogP contribution in [0.4, 0.5) is 0 Å². The van der Waals surface area contributed by atoms with E-state index < -0.39 is 0 Å². The molecule has 0 aliphatic rings. The Balaban J connectivity index is 2.47. The van der Waals surface area contributed by atoms with Gasteiger partial charge < -0.3 is 0 Å². The molecule has 2 aromatic heterocycles. The molecule has 0 aliphatic heterocycles. The molecule has 3 N–H and O–H groups in total. The van der Waals surface area contributed by atoms with Gasteiger partial charge in [0.2, 0.25) is 0 Å². The minimum Gasteiger partial charge on any atom is -0.270 e. The van der Waals surface area contributed by atoms with Crippen molar-refractivity contribution in [3.63, 3.8) is 0 Å². The summed E-state index contributed by atoms with van der Waals surface area (Å²) in [4.78, 5) is 1.07. The summed E-state index contributed by atoms with van der Waals surface area (Å²) in [6, 6.07) is 1.86. The third-order valence-corrected chi connectivity index (χ3v) is 6.10. The van der Waals surface area contributed by atoms with E-state index in [1.807, 2.05) is 13.1 Å². The van der Waals surface area contributed by atoms with Crippen LogP contribution in [0.25, 0.3) is 0 Å². The second-order valence-electron chi connectivity index (χ2n) is 3.26. The molecule has 1 unspecified atom stereocenters. The molecule has 17 heavy (non-hydrogen) atoms. The lowest BCUT2D eigenvalue weighted by Crippen LogP contribution is -2.30. The van der Waals surface area contributed by atoms with E-state index in [4.69, 9.17) is 5.84 Å². The number of nitrogens with two attached hydrogens (primary N) is 1. The molecule has 0 radical (unpaired) electrons. The quantitative estimate of drug-likeness (QED) is 0.563. The Bertz CT molecular complexity index is 498. The molecular weight excluding hydrogens is 438 g/mol. The van der Waals surface area contributed by atoms with Crippen molar-refractivity contribution in [1.82, 2.24) is 20.4 Å². The van der Waals surface area contributed by atoms with Gasteiger partial charge in [0, 0.05) is 16.4 Å². The van der Waals surface area contributed by atoms with Gasteiger partial charge in [-0.05, 0) is 53.9 Å². The van der Waals surface area contributed by atoms with Crippen molar-refractivity contribution in [3.05, 3.63) is 29.5 Å². The number of rotatable bonds is 3. The van der Waals surface area contributed by atoms with Gasteiger partial charge >= 0.3 is 0 Å². The molecule has 2 rings (SSSR count). The second kappa shape index (κ2) is 5.45. The number of nitrogens with zero attached hydrogens (tertiary/aromatic N) is 3. The Morgan fingerprint density at radius 2 is 2.18 bits per heavy atom. The average Bonchev–Trinajstić information content (AvgIpc) is 2.77. The second-order valence-corrected chi connectivity index (χ2v) is 7.27. The van der Waals surface area contributed by atoms with Gasteiger partial charge in [-0.25, -0.2) is 10.1 Å². The molecule has 0 amide bonds. The van der Waals surface area contributed by atoms with Crippen molar-refractivity contribution in [3.8, 4) is 0 Å². The highest BCUT2D eigenvalue weighted by molar-refractivity contribution is 9.13. The van der Waals surface area contributed by atoms with E-state index in [0.29, 0.717) is 4.60 Å². The maximum absolute atomic E-state index is 5.63. The summed E-state index contributed by atoms with van der Waals surface area (Å²) in [5.41, 5.74) is 3.66. The maximum Gasteiger partial charge on any atom is 0.153 e. The van der Waals surface area contributed by atoms with Gasteiger partial charge in [0.1, 0.15) is 0 Å². The highest BCUT2D eigenvalue weighted by Gasteiger charge is 2.23. The number of hydrazine groups is 1. The molecule has 0 spiro atoms. The van der Waals surface area contributed by atoms with Crippen LogP contribution >= 0.6 is 59.1 Å². The Morgan fingerprint density at radius 3 is 2.59 bits per heavy atom. The number of aryl methyl sites for hydroxylation is 1. The molecule has 0 aliphatic carbocycles. The summed E-state index contributed by atoms with van der Waals surface area (Å²) in [5.74, 6) is 5.63. The van der Waals surface area contributed by atoms with Crippen LogP contribution in [0.1, 0.15) is 16.6 Å². The molecule has 5 nitrogen and oxygen atoms in total. The van der Waals surface area contributed by atoms with Crippen LogP contribution in [0, 0.1) is 0 Å². The fourth-order valence-electron chi connectivity index (χ4n) is 1.45. The first kappa shape index (κ1) is 13.6. The van der Waals surface area contributed by atoms with Crippen molar-refractivity contribution in [1.29, 1.82) is 0 Å². The molecule has 0 aromatic carbocycles. The maximum atomic E-state index is 5.63. The lowest BCUT2D eigenvalue weighted by Gasteiger charge is -2.14. The molecule has 9 heteroatoms. The number of thiophene rings is 1. The molecule has 0 saturated carbocycles. The van der Waals surface area contributed by atoms with E-state index >= 15 is 0 Å². The molecule has 0 fully saturated rings. The predicted molar refractivity (Wildman–Crippen MR) is 77.6 cm³/mol. The number of hydrogen-bond acceptors (Lipinski definition) is 5. The first-order valence-electron chi connectivity index (χ1n) is 4.50. The van der Waals surface area contributed by atoms with E-state index in [-0.39, 0.29) is 6.04 Å². The first-order chi connectivity index (χ1) is 8.04. The highest BCUT2D eigenvalue weighted by atomic mass is 79.9. The zero-order valence-corrected chi connectivity index (χ0v) is 14.2. The minimum atomic E-state index is -0.156. The third kappa shape index (κ3) is 2.64. The number of aromatic nitrogens is 3.